The lowest BCUT2D eigenvalue weighted by Gasteiger charge is -2.29. The standard InChI is InChI=1S/C23H18BrNO3S/c1-14-21(15-4-6-16(24)7-5-15)22(26)18-8-9-20-19(23(18)28-14)12-25(13-27-20)11-17-3-2-10-29-17/h2-10H,11-13H2,1H3. The number of ether oxygens (including phenoxy) is 1. The van der Waals surface area contributed by atoms with Crippen LogP contribution in [-0.4, -0.2) is 11.6 Å². The molecule has 1 aliphatic rings. The maximum Gasteiger partial charge on any atom is 0.200 e. The predicted molar refractivity (Wildman–Crippen MR) is 119 cm³/mol. The number of thiophene rings is 1. The molecule has 0 unspecified atom stereocenters. The Balaban J connectivity index is 1.60. The number of halogens is 1. The number of rotatable bonds is 3. The molecule has 0 amide bonds. The minimum atomic E-state index is -0.00995. The zero-order valence-electron chi connectivity index (χ0n) is 15.8. The van der Waals surface area contributed by atoms with Crippen molar-refractivity contribution in [3.63, 3.8) is 0 Å². The van der Waals surface area contributed by atoms with Gasteiger partial charge in [-0.05, 0) is 48.2 Å². The van der Waals surface area contributed by atoms with Crippen LogP contribution in [0.25, 0.3) is 22.1 Å². The minimum absolute atomic E-state index is 0.00995. The molecule has 1 aliphatic heterocycles. The highest BCUT2D eigenvalue weighted by atomic mass is 79.9. The molecule has 0 bridgehead atoms. The molecule has 0 spiro atoms. The highest BCUT2D eigenvalue weighted by molar-refractivity contribution is 9.10. The molecule has 3 heterocycles. The van der Waals surface area contributed by atoms with E-state index in [1.54, 1.807) is 11.3 Å². The average molecular weight is 468 g/mol. The van der Waals surface area contributed by atoms with Crippen molar-refractivity contribution in [2.75, 3.05) is 6.73 Å². The van der Waals surface area contributed by atoms with Crippen LogP contribution in [0.4, 0.5) is 0 Å². The third-order valence-corrected chi connectivity index (χ3v) is 6.56. The number of hydrogen-bond donors (Lipinski definition) is 0. The molecular formula is C23H18BrNO3S. The van der Waals surface area contributed by atoms with Gasteiger partial charge >= 0.3 is 0 Å². The van der Waals surface area contributed by atoms with E-state index >= 15 is 0 Å². The Hall–Kier alpha value is -2.41. The Bertz CT molecular complexity index is 1250. The Morgan fingerprint density at radius 2 is 1.97 bits per heavy atom. The minimum Gasteiger partial charge on any atom is -0.478 e. The molecule has 0 fully saturated rings. The van der Waals surface area contributed by atoms with Gasteiger partial charge in [-0.25, -0.2) is 0 Å². The van der Waals surface area contributed by atoms with Gasteiger partial charge in [-0.3, -0.25) is 9.69 Å². The quantitative estimate of drug-likeness (QED) is 0.373. The van der Waals surface area contributed by atoms with Gasteiger partial charge in [0.05, 0.1) is 16.5 Å². The first-order valence-electron chi connectivity index (χ1n) is 9.33. The number of nitrogens with zero attached hydrogens (tertiary/aromatic N) is 1. The third-order valence-electron chi connectivity index (χ3n) is 5.17. The van der Waals surface area contributed by atoms with Crippen molar-refractivity contribution in [3.8, 4) is 16.9 Å². The van der Waals surface area contributed by atoms with Gasteiger partial charge in [-0.15, -0.1) is 11.3 Å². The first-order chi connectivity index (χ1) is 14.1. The molecule has 5 rings (SSSR count). The maximum atomic E-state index is 13.3. The summed E-state index contributed by atoms with van der Waals surface area (Å²) in [6.45, 7) is 3.87. The molecule has 2 aromatic heterocycles. The van der Waals surface area contributed by atoms with Crippen molar-refractivity contribution in [2.24, 2.45) is 0 Å². The number of aryl methyl sites for hydroxylation is 1. The summed E-state index contributed by atoms with van der Waals surface area (Å²) in [6, 6.07) is 15.6. The summed E-state index contributed by atoms with van der Waals surface area (Å²) in [5.74, 6) is 1.41. The van der Waals surface area contributed by atoms with Crippen molar-refractivity contribution >= 4 is 38.2 Å². The second-order valence-corrected chi connectivity index (χ2v) is 9.08. The van der Waals surface area contributed by atoms with Crippen LogP contribution in [0, 0.1) is 6.92 Å². The van der Waals surface area contributed by atoms with Crippen LogP contribution < -0.4 is 10.2 Å². The third kappa shape index (κ3) is 3.41. The van der Waals surface area contributed by atoms with Crippen molar-refractivity contribution in [1.82, 2.24) is 4.90 Å². The lowest BCUT2D eigenvalue weighted by Crippen LogP contribution is -2.31. The molecule has 0 N–H and O–H groups in total. The molecule has 6 heteroatoms. The predicted octanol–water partition coefficient (Wildman–Crippen LogP) is 5.94. The van der Waals surface area contributed by atoms with Crippen molar-refractivity contribution in [1.29, 1.82) is 0 Å². The maximum absolute atomic E-state index is 13.3. The normalized spacial score (nSPS) is 14.0. The van der Waals surface area contributed by atoms with Crippen molar-refractivity contribution in [2.45, 2.75) is 20.0 Å². The zero-order chi connectivity index (χ0) is 20.0. The Morgan fingerprint density at radius 1 is 1.14 bits per heavy atom. The lowest BCUT2D eigenvalue weighted by molar-refractivity contribution is 0.0899. The fourth-order valence-electron chi connectivity index (χ4n) is 3.79. The summed E-state index contributed by atoms with van der Waals surface area (Å²) in [5.41, 5.74) is 3.02. The van der Waals surface area contributed by atoms with E-state index in [9.17, 15) is 4.79 Å². The Labute approximate surface area is 180 Å². The van der Waals surface area contributed by atoms with E-state index < -0.39 is 0 Å². The summed E-state index contributed by atoms with van der Waals surface area (Å²) < 4.78 is 13.2. The van der Waals surface area contributed by atoms with Crippen LogP contribution in [0.15, 0.2) is 67.6 Å². The summed E-state index contributed by atoms with van der Waals surface area (Å²) in [6.07, 6.45) is 0. The van der Waals surface area contributed by atoms with E-state index in [1.807, 2.05) is 43.3 Å². The monoisotopic (exact) mass is 467 g/mol. The summed E-state index contributed by atoms with van der Waals surface area (Å²) in [7, 11) is 0. The summed E-state index contributed by atoms with van der Waals surface area (Å²) in [5, 5.41) is 2.67. The number of benzene rings is 2. The smallest absolute Gasteiger partial charge is 0.200 e. The second kappa shape index (κ2) is 7.44. The van der Waals surface area contributed by atoms with Crippen LogP contribution in [0.1, 0.15) is 16.2 Å². The number of hydrogen-bond acceptors (Lipinski definition) is 5. The van der Waals surface area contributed by atoms with Gasteiger partial charge in [0, 0.05) is 22.4 Å². The molecule has 4 aromatic rings. The molecule has 0 saturated heterocycles. The van der Waals surface area contributed by atoms with E-state index in [0.29, 0.717) is 35.6 Å². The van der Waals surface area contributed by atoms with E-state index in [4.69, 9.17) is 9.15 Å². The van der Waals surface area contributed by atoms with Gasteiger partial charge in [0.2, 0.25) is 5.43 Å². The largest absolute Gasteiger partial charge is 0.478 e. The highest BCUT2D eigenvalue weighted by Crippen LogP contribution is 2.34. The van der Waals surface area contributed by atoms with Crippen LogP contribution in [-0.2, 0) is 13.1 Å². The van der Waals surface area contributed by atoms with Crippen LogP contribution >= 0.6 is 27.3 Å². The molecule has 146 valence electrons. The summed E-state index contributed by atoms with van der Waals surface area (Å²) in [4.78, 5) is 16.8. The first kappa shape index (κ1) is 18.6. The van der Waals surface area contributed by atoms with E-state index in [-0.39, 0.29) is 5.43 Å². The van der Waals surface area contributed by atoms with E-state index in [0.717, 1.165) is 27.9 Å². The van der Waals surface area contributed by atoms with Gasteiger partial charge in [0.1, 0.15) is 23.8 Å². The fourth-order valence-corrected chi connectivity index (χ4v) is 4.80. The van der Waals surface area contributed by atoms with Crippen LogP contribution in [0.5, 0.6) is 5.75 Å². The van der Waals surface area contributed by atoms with Gasteiger partial charge < -0.3 is 9.15 Å². The second-order valence-electron chi connectivity index (χ2n) is 7.13. The molecule has 29 heavy (non-hydrogen) atoms. The zero-order valence-corrected chi connectivity index (χ0v) is 18.2. The van der Waals surface area contributed by atoms with Gasteiger partial charge in [-0.2, -0.15) is 0 Å². The van der Waals surface area contributed by atoms with E-state index in [2.05, 4.69) is 38.3 Å². The van der Waals surface area contributed by atoms with Crippen molar-refractivity contribution < 1.29 is 9.15 Å². The molecule has 4 nitrogen and oxygen atoms in total. The molecule has 0 aliphatic carbocycles. The van der Waals surface area contributed by atoms with E-state index in [1.165, 1.54) is 4.88 Å². The van der Waals surface area contributed by atoms with Crippen LogP contribution in [0.2, 0.25) is 0 Å². The van der Waals surface area contributed by atoms with Gasteiger partial charge in [0.15, 0.2) is 0 Å². The molecular weight excluding hydrogens is 450 g/mol. The SMILES string of the molecule is Cc1oc2c3c(ccc2c(=O)c1-c1ccc(Br)cc1)OCN(Cc1cccs1)C3. The lowest BCUT2D eigenvalue weighted by atomic mass is 10.0. The van der Waals surface area contributed by atoms with Crippen molar-refractivity contribution in [3.05, 3.63) is 84.8 Å². The van der Waals surface area contributed by atoms with Gasteiger partial charge in [-0.1, -0.05) is 34.1 Å². The topological polar surface area (TPSA) is 42.7 Å². The van der Waals surface area contributed by atoms with Gasteiger partial charge in [0.25, 0.3) is 0 Å². The fraction of sp³-hybridized carbons (Fsp3) is 0.174. The van der Waals surface area contributed by atoms with Crippen LogP contribution in [0.3, 0.4) is 0 Å². The number of fused-ring (bicyclic) bond motifs is 3. The molecule has 0 radical (unpaired) electrons. The highest BCUT2D eigenvalue weighted by Gasteiger charge is 2.24. The first-order valence-corrected chi connectivity index (χ1v) is 11.0. The Kier molecular flexibility index (Phi) is 4.78. The molecule has 0 saturated carbocycles. The average Bonchev–Trinajstić information content (AvgIpc) is 3.22. The molecule has 0 atom stereocenters. The summed E-state index contributed by atoms with van der Waals surface area (Å²) >= 11 is 5.18. The molecule has 2 aromatic carbocycles. The Morgan fingerprint density at radius 3 is 2.72 bits per heavy atom.